The number of piperazine rings is 2. The van der Waals surface area contributed by atoms with Gasteiger partial charge in [-0.2, -0.15) is 36.5 Å². The van der Waals surface area contributed by atoms with E-state index in [1.54, 1.807) is 29.0 Å². The largest absolute Gasteiger partial charge is 0.495 e. The van der Waals surface area contributed by atoms with Crippen molar-refractivity contribution in [2.45, 2.75) is 66.6 Å². The van der Waals surface area contributed by atoms with Gasteiger partial charge in [-0.15, -0.1) is 0 Å². The molecule has 2 aliphatic heterocycles. The molecule has 2 fully saturated rings. The molecule has 14 nitrogen and oxygen atoms in total. The minimum Gasteiger partial charge on any atom is -0.495 e. The van der Waals surface area contributed by atoms with Crippen molar-refractivity contribution in [2.75, 3.05) is 83.4 Å². The lowest BCUT2D eigenvalue weighted by Crippen LogP contribution is -2.50. The van der Waals surface area contributed by atoms with Gasteiger partial charge in [0.05, 0.1) is 51.4 Å². The van der Waals surface area contributed by atoms with Crippen LogP contribution in [0.15, 0.2) is 24.3 Å². The fourth-order valence-electron chi connectivity index (χ4n) is 7.30. The molecule has 0 saturated carbocycles. The molecule has 0 bridgehead atoms. The van der Waals surface area contributed by atoms with Gasteiger partial charge < -0.3 is 34.4 Å². The molecule has 0 radical (unpaired) electrons. The Hall–Kier alpha value is -4.63. The van der Waals surface area contributed by atoms with Gasteiger partial charge in [-0.25, -0.2) is 0 Å². The number of alkyl halides is 6. The molecule has 66 heavy (non-hydrogen) atoms. The van der Waals surface area contributed by atoms with E-state index >= 15 is 0 Å². The highest BCUT2D eigenvalue weighted by Crippen LogP contribution is 2.39. The summed E-state index contributed by atoms with van der Waals surface area (Å²) >= 11 is 24.0. The number of methoxy groups -OCH3 is 2. The Labute approximate surface area is 398 Å². The van der Waals surface area contributed by atoms with Crippen LogP contribution >= 0.6 is 46.4 Å². The number of hydrogen-bond donors (Lipinski definition) is 1. The standard InChI is InChI=1S/C21H26Cl2F3N5O2.C20H21Cl2F3N4O3.CH4/c1-12(27-3)14-9-15(22)17(33-4)10-16(14)29-5-7-30(8-6-29)18(32)11-31-13(2)19(23)20(28-31)21(24,25)26;1-11-18(22)19(20(23,24)25)26-29(11)10-17(31)28-6-4-27(5-7-28)15-9-16(32-3)14(21)8-13(15)12(2)30;/h9-10,12,27H,5-8,11H2,1-4H3;8-9H,4-7,10H2,1-3H3;1H4. The molecule has 1 atom stereocenters. The maximum Gasteiger partial charge on any atom is 0.436 e. The zero-order chi connectivity index (χ0) is 48.3. The molecular formula is C42H51Cl4F6N9O5. The number of benzene rings is 2. The lowest BCUT2D eigenvalue weighted by molar-refractivity contribution is -0.142. The second-order valence-electron chi connectivity index (χ2n) is 15.2. The van der Waals surface area contributed by atoms with Crippen molar-refractivity contribution in [2.24, 2.45) is 0 Å². The van der Waals surface area contributed by atoms with Gasteiger partial charge in [-0.05, 0) is 52.4 Å². The van der Waals surface area contributed by atoms with Gasteiger partial charge in [0.1, 0.15) is 24.6 Å². The van der Waals surface area contributed by atoms with E-state index in [4.69, 9.17) is 55.9 Å². The fourth-order valence-corrected chi connectivity index (χ4v) is 8.28. The van der Waals surface area contributed by atoms with E-state index in [0.717, 1.165) is 20.6 Å². The predicted octanol–water partition coefficient (Wildman–Crippen LogP) is 8.87. The highest BCUT2D eigenvalue weighted by Gasteiger charge is 2.40. The number of aromatic nitrogens is 4. The summed E-state index contributed by atoms with van der Waals surface area (Å²) in [6.45, 7) is 9.00. The highest BCUT2D eigenvalue weighted by molar-refractivity contribution is 6.33. The third-order valence-electron chi connectivity index (χ3n) is 11.2. The molecule has 364 valence electrons. The number of halogens is 10. The Balaban J connectivity index is 0.000000284. The maximum absolute atomic E-state index is 13.0. The molecule has 1 unspecified atom stereocenters. The smallest absolute Gasteiger partial charge is 0.436 e. The fraction of sp³-hybridized carbons (Fsp3) is 0.500. The second kappa shape index (κ2) is 22.0. The monoisotopic (exact) mass is 1020 g/mol. The van der Waals surface area contributed by atoms with Gasteiger partial charge in [-0.1, -0.05) is 53.8 Å². The number of rotatable bonds is 11. The average Bonchev–Trinajstić information content (AvgIpc) is 3.72. The first-order valence-electron chi connectivity index (χ1n) is 20.0. The van der Waals surface area contributed by atoms with Crippen LogP contribution in [0.1, 0.15) is 66.0 Å². The van der Waals surface area contributed by atoms with E-state index < -0.39 is 33.8 Å². The quantitative estimate of drug-likeness (QED) is 0.115. The minimum absolute atomic E-state index is 0. The van der Waals surface area contributed by atoms with E-state index in [2.05, 4.69) is 20.4 Å². The Kier molecular flexibility index (Phi) is 18.0. The number of Topliss-reactive ketones (excluding diaryl/α,β-unsaturated/α-hetero) is 1. The molecule has 0 spiro atoms. The molecule has 2 amide bonds. The summed E-state index contributed by atoms with van der Waals surface area (Å²) in [7, 11) is 4.89. The minimum atomic E-state index is -4.70. The van der Waals surface area contributed by atoms with Gasteiger partial charge in [0.2, 0.25) is 11.8 Å². The Morgan fingerprint density at radius 3 is 1.41 bits per heavy atom. The third kappa shape index (κ3) is 12.1. The number of nitrogens with one attached hydrogen (secondary N) is 1. The highest BCUT2D eigenvalue weighted by atomic mass is 35.5. The molecule has 4 heterocycles. The van der Waals surface area contributed by atoms with Crippen molar-refractivity contribution in [3.8, 4) is 11.5 Å². The molecule has 0 aliphatic carbocycles. The zero-order valence-corrected chi connectivity index (χ0v) is 39.4. The number of ketones is 1. The van der Waals surface area contributed by atoms with E-state index in [9.17, 15) is 40.7 Å². The third-order valence-corrected chi connectivity index (χ3v) is 12.7. The Bertz CT molecular complexity index is 2400. The summed E-state index contributed by atoms with van der Waals surface area (Å²) in [6, 6.07) is 7.04. The first kappa shape index (κ1) is 54.0. The van der Waals surface area contributed by atoms with Gasteiger partial charge in [-0.3, -0.25) is 23.7 Å². The Morgan fingerprint density at radius 2 is 1.06 bits per heavy atom. The van der Waals surface area contributed by atoms with Crippen molar-refractivity contribution >= 4 is 75.4 Å². The van der Waals surface area contributed by atoms with Gasteiger partial charge in [0.15, 0.2) is 17.2 Å². The summed E-state index contributed by atoms with van der Waals surface area (Å²) in [4.78, 5) is 44.8. The maximum atomic E-state index is 13.0. The zero-order valence-electron chi connectivity index (χ0n) is 36.4. The Morgan fingerprint density at radius 1 is 0.682 bits per heavy atom. The van der Waals surface area contributed by atoms with E-state index in [0.29, 0.717) is 85.2 Å². The number of anilines is 2. The molecule has 24 heteroatoms. The van der Waals surface area contributed by atoms with Crippen LogP contribution in [0.25, 0.3) is 0 Å². The lowest BCUT2D eigenvalue weighted by Gasteiger charge is -2.38. The molecule has 2 aromatic carbocycles. The summed E-state index contributed by atoms with van der Waals surface area (Å²) in [5.41, 5.74) is 0.844. The number of carbonyl (C=O) groups is 3. The SMILES string of the molecule is C.CNC(C)c1cc(Cl)c(OC)cc1N1CCN(C(=O)Cn2nc(C(F)(F)F)c(Cl)c2C)CC1.COc1cc(N2CCN(C(=O)Cn3nc(C(F)(F)F)c(Cl)c3C)CC2)c(C(C)=O)cc1Cl. The molecule has 2 aliphatic rings. The normalized spacial score (nSPS) is 14.9. The van der Waals surface area contributed by atoms with Crippen molar-refractivity contribution in [1.29, 1.82) is 0 Å². The topological polar surface area (TPSA) is 130 Å². The van der Waals surface area contributed by atoms with Crippen molar-refractivity contribution in [3.05, 3.63) is 78.3 Å². The van der Waals surface area contributed by atoms with E-state index in [1.807, 2.05) is 31.0 Å². The number of hydrogen-bond acceptors (Lipinski definition) is 10. The lowest BCUT2D eigenvalue weighted by atomic mass is 10.0. The van der Waals surface area contributed by atoms with Crippen molar-refractivity contribution in [1.82, 2.24) is 34.7 Å². The van der Waals surface area contributed by atoms with Gasteiger partial charge in [0.25, 0.3) is 0 Å². The van der Waals surface area contributed by atoms with Crippen LogP contribution in [0.3, 0.4) is 0 Å². The van der Waals surface area contributed by atoms with E-state index in [-0.39, 0.29) is 55.5 Å². The first-order chi connectivity index (χ1) is 30.4. The van der Waals surface area contributed by atoms with Gasteiger partial charge >= 0.3 is 12.4 Å². The molecule has 1 N–H and O–H groups in total. The van der Waals surface area contributed by atoms with Crippen molar-refractivity contribution in [3.63, 3.8) is 0 Å². The van der Waals surface area contributed by atoms with Crippen LogP contribution in [-0.4, -0.2) is 121 Å². The summed E-state index contributed by atoms with van der Waals surface area (Å²) < 4.78 is 90.8. The van der Waals surface area contributed by atoms with Crippen LogP contribution in [-0.2, 0) is 35.0 Å². The number of amides is 2. The first-order valence-corrected chi connectivity index (χ1v) is 21.5. The summed E-state index contributed by atoms with van der Waals surface area (Å²) in [5, 5.41) is 10.0. The van der Waals surface area contributed by atoms with Crippen LogP contribution in [0.5, 0.6) is 11.5 Å². The van der Waals surface area contributed by atoms with Crippen LogP contribution in [0.4, 0.5) is 37.7 Å². The summed E-state index contributed by atoms with van der Waals surface area (Å²) in [5.74, 6) is 0.138. The van der Waals surface area contributed by atoms with Crippen LogP contribution in [0, 0.1) is 13.8 Å². The predicted molar refractivity (Wildman–Crippen MR) is 242 cm³/mol. The van der Waals surface area contributed by atoms with E-state index in [1.165, 1.54) is 27.9 Å². The summed E-state index contributed by atoms with van der Waals surface area (Å²) in [6.07, 6.45) is -9.38. The molecule has 4 aromatic rings. The average molecular weight is 1020 g/mol. The second-order valence-corrected chi connectivity index (χ2v) is 16.7. The number of nitrogens with zero attached hydrogens (tertiary/aromatic N) is 8. The number of carbonyl (C=O) groups excluding carboxylic acids is 3. The van der Waals surface area contributed by atoms with Crippen molar-refractivity contribution < 1.29 is 50.2 Å². The molecule has 6 rings (SSSR count). The van der Waals surface area contributed by atoms with Crippen LogP contribution < -0.4 is 24.6 Å². The molecular weight excluding hydrogens is 966 g/mol. The number of ether oxygens (including phenoxy) is 2. The van der Waals surface area contributed by atoms with Gasteiger partial charge in [0, 0.05) is 81.8 Å². The van der Waals surface area contributed by atoms with Crippen LogP contribution in [0.2, 0.25) is 20.1 Å². The molecule has 2 aromatic heterocycles. The molecule has 2 saturated heterocycles.